The van der Waals surface area contributed by atoms with Crippen molar-refractivity contribution >= 4 is 82.1 Å². The number of hydrogen-bond acceptors (Lipinski definition) is 2. The molecular formula is C52H33NO. The molecule has 252 valence electrons. The lowest BCUT2D eigenvalue weighted by atomic mass is 9.96. The van der Waals surface area contributed by atoms with Crippen LogP contribution in [-0.2, 0) is 0 Å². The van der Waals surface area contributed by atoms with Crippen molar-refractivity contribution in [2.75, 3.05) is 4.90 Å². The number of fused-ring (bicyclic) bond motifs is 9. The molecule has 54 heavy (non-hydrogen) atoms. The van der Waals surface area contributed by atoms with Crippen molar-refractivity contribution in [3.05, 3.63) is 200 Å². The van der Waals surface area contributed by atoms with Crippen LogP contribution < -0.4 is 4.90 Å². The van der Waals surface area contributed by atoms with Gasteiger partial charge in [-0.15, -0.1) is 0 Å². The minimum atomic E-state index is 0.903. The van der Waals surface area contributed by atoms with Crippen molar-refractivity contribution in [2.45, 2.75) is 0 Å². The largest absolute Gasteiger partial charge is 0.456 e. The van der Waals surface area contributed by atoms with Gasteiger partial charge >= 0.3 is 0 Å². The second-order valence-corrected chi connectivity index (χ2v) is 14.1. The van der Waals surface area contributed by atoms with E-state index in [0.29, 0.717) is 0 Å². The lowest BCUT2D eigenvalue weighted by Gasteiger charge is -2.28. The molecular weight excluding hydrogens is 655 g/mol. The third-order valence-electron chi connectivity index (χ3n) is 11.0. The molecule has 1 aromatic heterocycles. The minimum absolute atomic E-state index is 0.903. The molecule has 0 saturated heterocycles. The second-order valence-electron chi connectivity index (χ2n) is 14.1. The molecule has 2 heteroatoms. The van der Waals surface area contributed by atoms with E-state index in [2.05, 4.69) is 193 Å². The van der Waals surface area contributed by atoms with Gasteiger partial charge < -0.3 is 9.32 Å². The predicted octanol–water partition coefficient (Wildman–Crippen LogP) is 15.0. The summed E-state index contributed by atoms with van der Waals surface area (Å²) in [5.41, 5.74) is 9.82. The molecule has 11 aromatic rings. The van der Waals surface area contributed by atoms with Crippen molar-refractivity contribution in [1.82, 2.24) is 0 Å². The van der Waals surface area contributed by atoms with Gasteiger partial charge in [0, 0.05) is 27.5 Å². The van der Waals surface area contributed by atoms with Crippen LogP contribution in [0.1, 0.15) is 0 Å². The zero-order valence-corrected chi connectivity index (χ0v) is 29.4. The van der Waals surface area contributed by atoms with Crippen LogP contribution in [-0.4, -0.2) is 0 Å². The molecule has 11 rings (SSSR count). The lowest BCUT2D eigenvalue weighted by molar-refractivity contribution is 0.669. The second kappa shape index (κ2) is 12.2. The maximum absolute atomic E-state index is 6.25. The number of benzene rings is 10. The molecule has 0 radical (unpaired) electrons. The van der Waals surface area contributed by atoms with Crippen LogP contribution in [0, 0.1) is 0 Å². The molecule has 0 aliphatic carbocycles. The normalized spacial score (nSPS) is 11.7. The van der Waals surface area contributed by atoms with Gasteiger partial charge in [-0.25, -0.2) is 0 Å². The van der Waals surface area contributed by atoms with E-state index in [0.717, 1.165) is 50.1 Å². The van der Waals surface area contributed by atoms with Gasteiger partial charge in [-0.05, 0) is 108 Å². The zero-order chi connectivity index (χ0) is 35.6. The van der Waals surface area contributed by atoms with E-state index >= 15 is 0 Å². The van der Waals surface area contributed by atoms with E-state index in [1.165, 1.54) is 54.2 Å². The topological polar surface area (TPSA) is 16.4 Å². The van der Waals surface area contributed by atoms with Crippen molar-refractivity contribution < 1.29 is 4.42 Å². The van der Waals surface area contributed by atoms with Gasteiger partial charge in [-0.2, -0.15) is 0 Å². The molecule has 0 amide bonds. The van der Waals surface area contributed by atoms with Crippen LogP contribution in [0.3, 0.4) is 0 Å². The molecule has 0 spiro atoms. The Morgan fingerprint density at radius 2 is 0.907 bits per heavy atom. The zero-order valence-electron chi connectivity index (χ0n) is 29.4. The Hall–Kier alpha value is -7.16. The Balaban J connectivity index is 1.09. The third-order valence-corrected chi connectivity index (χ3v) is 11.0. The predicted molar refractivity (Wildman–Crippen MR) is 229 cm³/mol. The first-order valence-corrected chi connectivity index (χ1v) is 18.5. The maximum Gasteiger partial charge on any atom is 0.136 e. The molecule has 10 aromatic carbocycles. The molecule has 0 aliphatic heterocycles. The summed E-state index contributed by atoms with van der Waals surface area (Å²) in [5, 5.41) is 12.3. The molecule has 0 N–H and O–H groups in total. The molecule has 0 fully saturated rings. The third kappa shape index (κ3) is 4.88. The summed E-state index contributed by atoms with van der Waals surface area (Å²) in [4.78, 5) is 2.42. The number of hydrogen-bond donors (Lipinski definition) is 0. The fourth-order valence-electron chi connectivity index (χ4n) is 8.47. The number of anilines is 3. The van der Waals surface area contributed by atoms with E-state index in [4.69, 9.17) is 4.42 Å². The smallest absolute Gasteiger partial charge is 0.136 e. The number of para-hydroxylation sites is 1. The highest BCUT2D eigenvalue weighted by atomic mass is 16.3. The fourth-order valence-corrected chi connectivity index (χ4v) is 8.47. The van der Waals surface area contributed by atoms with Crippen LogP contribution in [0.2, 0.25) is 0 Å². The summed E-state index contributed by atoms with van der Waals surface area (Å²) in [7, 11) is 0. The molecule has 1 heterocycles. The van der Waals surface area contributed by atoms with Crippen LogP contribution in [0.4, 0.5) is 17.1 Å². The molecule has 0 unspecified atom stereocenters. The SMILES string of the molecule is c1cc(-c2ccc3c(ccc4ccccc43)c2)cc(N(c2ccc(-c3cccc4oc5ccccc5c34)cc2)c2cc3ccccc3c3ccccc23)c1. The van der Waals surface area contributed by atoms with Gasteiger partial charge in [0.15, 0.2) is 0 Å². The minimum Gasteiger partial charge on any atom is -0.456 e. The van der Waals surface area contributed by atoms with Gasteiger partial charge in [0.25, 0.3) is 0 Å². The Labute approximate surface area is 312 Å². The first-order chi connectivity index (χ1) is 26.8. The molecule has 0 aliphatic rings. The average Bonchev–Trinajstić information content (AvgIpc) is 3.63. The molecule has 0 bridgehead atoms. The van der Waals surface area contributed by atoms with E-state index in [-0.39, 0.29) is 0 Å². The molecule has 2 nitrogen and oxygen atoms in total. The Bertz CT molecular complexity index is 3230. The van der Waals surface area contributed by atoms with Crippen LogP contribution in [0.25, 0.3) is 87.3 Å². The Morgan fingerprint density at radius 1 is 0.315 bits per heavy atom. The number of rotatable bonds is 5. The first kappa shape index (κ1) is 30.5. The van der Waals surface area contributed by atoms with E-state index in [1.54, 1.807) is 0 Å². The van der Waals surface area contributed by atoms with Gasteiger partial charge in [0.05, 0.1) is 5.69 Å². The van der Waals surface area contributed by atoms with Gasteiger partial charge in [-0.1, -0.05) is 152 Å². The molecule has 0 saturated carbocycles. The van der Waals surface area contributed by atoms with Gasteiger partial charge in [0.1, 0.15) is 11.2 Å². The summed E-state index contributed by atoms with van der Waals surface area (Å²) in [5.74, 6) is 0. The highest BCUT2D eigenvalue weighted by Gasteiger charge is 2.19. The van der Waals surface area contributed by atoms with Crippen molar-refractivity contribution in [3.63, 3.8) is 0 Å². The summed E-state index contributed by atoms with van der Waals surface area (Å²) in [6, 6.07) is 72.4. The van der Waals surface area contributed by atoms with E-state index < -0.39 is 0 Å². The highest BCUT2D eigenvalue weighted by molar-refractivity contribution is 6.15. The van der Waals surface area contributed by atoms with Crippen LogP contribution >= 0.6 is 0 Å². The number of nitrogens with zero attached hydrogens (tertiary/aromatic N) is 1. The van der Waals surface area contributed by atoms with E-state index in [9.17, 15) is 0 Å². The quantitative estimate of drug-likeness (QED) is 0.168. The van der Waals surface area contributed by atoms with Crippen molar-refractivity contribution in [1.29, 1.82) is 0 Å². The summed E-state index contributed by atoms with van der Waals surface area (Å²) < 4.78 is 6.25. The van der Waals surface area contributed by atoms with Crippen molar-refractivity contribution in [2.24, 2.45) is 0 Å². The summed E-state index contributed by atoms with van der Waals surface area (Å²) in [6.07, 6.45) is 0. The summed E-state index contributed by atoms with van der Waals surface area (Å²) in [6.45, 7) is 0. The maximum atomic E-state index is 6.25. The first-order valence-electron chi connectivity index (χ1n) is 18.5. The fraction of sp³-hybridized carbons (Fsp3) is 0. The molecule has 0 atom stereocenters. The van der Waals surface area contributed by atoms with Crippen LogP contribution in [0.15, 0.2) is 205 Å². The summed E-state index contributed by atoms with van der Waals surface area (Å²) >= 11 is 0. The Morgan fingerprint density at radius 3 is 1.76 bits per heavy atom. The standard InChI is InChI=1S/C52H33NO/c1-3-15-42-34(11-1)23-24-39-31-37(27-30-44(39)42)36-13-9-14-41(32-36)53(49-33-38-12-2-4-16-43(38)46-17-5-6-18-47(46)49)40-28-25-35(26-29-40)45-20-10-22-51-52(45)48-19-7-8-21-50(48)54-51/h1-33H. The average molecular weight is 688 g/mol. The number of furan rings is 1. The van der Waals surface area contributed by atoms with Crippen molar-refractivity contribution in [3.8, 4) is 22.3 Å². The van der Waals surface area contributed by atoms with Crippen LogP contribution in [0.5, 0.6) is 0 Å². The Kier molecular flexibility index (Phi) is 6.90. The monoisotopic (exact) mass is 687 g/mol. The van der Waals surface area contributed by atoms with Gasteiger partial charge in [-0.3, -0.25) is 0 Å². The lowest BCUT2D eigenvalue weighted by Crippen LogP contribution is -2.10. The highest BCUT2D eigenvalue weighted by Crippen LogP contribution is 2.44. The van der Waals surface area contributed by atoms with Gasteiger partial charge in [0.2, 0.25) is 0 Å². The van der Waals surface area contributed by atoms with E-state index in [1.807, 2.05) is 12.1 Å².